The molecule has 1 amide bonds. The molecule has 150 valence electrons. The van der Waals surface area contributed by atoms with E-state index in [0.717, 1.165) is 28.4 Å². The van der Waals surface area contributed by atoms with Crippen LogP contribution in [-0.4, -0.2) is 32.8 Å². The topological polar surface area (TPSA) is 80.9 Å². The second-order valence-corrected chi connectivity index (χ2v) is 6.54. The molecule has 1 heterocycles. The molecule has 28 heavy (non-hydrogen) atoms. The number of nitrogens with one attached hydrogen (secondary N) is 3. The number of methoxy groups -OCH3 is 2. The molecule has 0 radical (unpaired) electrons. The normalized spacial score (nSPS) is 18.5. The molecule has 1 aliphatic rings. The summed E-state index contributed by atoms with van der Waals surface area (Å²) in [4.78, 5) is 12.6. The maximum absolute atomic E-state index is 12.6. The minimum absolute atomic E-state index is 0.0297. The average molecular weight is 385 g/mol. The Morgan fingerprint density at radius 1 is 1.11 bits per heavy atom. The lowest BCUT2D eigenvalue weighted by atomic mass is 10.0. The number of amides is 1. The summed E-state index contributed by atoms with van der Waals surface area (Å²) in [7, 11) is 3.25. The van der Waals surface area contributed by atoms with Gasteiger partial charge in [0.15, 0.2) is 0 Å². The summed E-state index contributed by atoms with van der Waals surface area (Å²) in [5.41, 5.74) is 8.25. The van der Waals surface area contributed by atoms with Crippen molar-refractivity contribution in [2.75, 3.05) is 20.8 Å². The van der Waals surface area contributed by atoms with Crippen LogP contribution in [0.2, 0.25) is 0 Å². The van der Waals surface area contributed by atoms with Gasteiger partial charge >= 0.3 is 0 Å². The summed E-state index contributed by atoms with van der Waals surface area (Å²) in [5, 5.41) is 2.98. The minimum atomic E-state index is -0.327. The van der Waals surface area contributed by atoms with E-state index in [9.17, 15) is 4.79 Å². The Balaban J connectivity index is 1.58. The number of ether oxygens (including phenoxy) is 3. The van der Waals surface area contributed by atoms with Gasteiger partial charge in [0.2, 0.25) is 5.91 Å². The van der Waals surface area contributed by atoms with Gasteiger partial charge < -0.3 is 19.5 Å². The maximum Gasteiger partial charge on any atom is 0.238 e. The van der Waals surface area contributed by atoms with E-state index in [2.05, 4.69) is 16.2 Å². The molecule has 1 aliphatic heterocycles. The van der Waals surface area contributed by atoms with Gasteiger partial charge in [-0.2, -0.15) is 0 Å². The zero-order valence-corrected chi connectivity index (χ0v) is 16.5. The first kappa shape index (κ1) is 20.0. The molecule has 2 atom stereocenters. The van der Waals surface area contributed by atoms with Crippen molar-refractivity contribution in [1.29, 1.82) is 0 Å². The Morgan fingerprint density at radius 3 is 2.71 bits per heavy atom. The fourth-order valence-corrected chi connectivity index (χ4v) is 3.26. The Kier molecular flexibility index (Phi) is 6.73. The lowest BCUT2D eigenvalue weighted by molar-refractivity contribution is -0.123. The van der Waals surface area contributed by atoms with Gasteiger partial charge in [0, 0.05) is 18.2 Å². The zero-order chi connectivity index (χ0) is 19.9. The monoisotopic (exact) mass is 385 g/mol. The van der Waals surface area contributed by atoms with Gasteiger partial charge in [0.05, 0.1) is 26.9 Å². The molecule has 0 saturated carbocycles. The van der Waals surface area contributed by atoms with Crippen LogP contribution in [0.1, 0.15) is 30.5 Å². The van der Waals surface area contributed by atoms with Gasteiger partial charge in [-0.15, -0.1) is 0 Å². The number of rotatable bonds is 8. The van der Waals surface area contributed by atoms with Crippen molar-refractivity contribution in [3.8, 4) is 17.2 Å². The molecule has 3 N–H and O–H groups in total. The van der Waals surface area contributed by atoms with Crippen LogP contribution < -0.4 is 30.4 Å². The smallest absolute Gasteiger partial charge is 0.238 e. The fraction of sp³-hybridized carbons (Fsp3) is 0.381. The number of hydrogen-bond acceptors (Lipinski definition) is 6. The van der Waals surface area contributed by atoms with E-state index in [-0.39, 0.29) is 18.0 Å². The van der Waals surface area contributed by atoms with Crippen molar-refractivity contribution >= 4 is 5.91 Å². The lowest BCUT2D eigenvalue weighted by Crippen LogP contribution is -2.42. The summed E-state index contributed by atoms with van der Waals surface area (Å²) < 4.78 is 16.2. The summed E-state index contributed by atoms with van der Waals surface area (Å²) in [6.45, 7) is 3.01. The lowest BCUT2D eigenvalue weighted by Gasteiger charge is -2.15. The molecule has 2 aromatic carbocycles. The highest BCUT2D eigenvalue weighted by Crippen LogP contribution is 2.33. The fourth-order valence-electron chi connectivity index (χ4n) is 3.26. The Bertz CT molecular complexity index is 812. The molecule has 0 aromatic heterocycles. The van der Waals surface area contributed by atoms with Crippen LogP contribution in [0.25, 0.3) is 0 Å². The standard InChI is InChI=1S/C21H27N3O4/c1-4-28-16-7-5-6-14(10-16)13-22-21(25)19-12-18(23-24-19)17-9-8-15(26-2)11-20(17)27-3/h5-11,18-19,23-24H,4,12-13H2,1-3H3,(H,22,25). The predicted octanol–water partition coefficient (Wildman–Crippen LogP) is 2.33. The van der Waals surface area contributed by atoms with Crippen molar-refractivity contribution < 1.29 is 19.0 Å². The maximum atomic E-state index is 12.6. The number of carbonyl (C=O) groups excluding carboxylic acids is 1. The molecule has 3 rings (SSSR count). The van der Waals surface area contributed by atoms with Crippen molar-refractivity contribution in [1.82, 2.24) is 16.2 Å². The van der Waals surface area contributed by atoms with Gasteiger partial charge in [0.1, 0.15) is 23.3 Å². The molecule has 2 unspecified atom stereocenters. The highest BCUT2D eigenvalue weighted by atomic mass is 16.5. The highest BCUT2D eigenvalue weighted by Gasteiger charge is 2.31. The largest absolute Gasteiger partial charge is 0.497 e. The van der Waals surface area contributed by atoms with Crippen LogP contribution in [0.15, 0.2) is 42.5 Å². The first-order chi connectivity index (χ1) is 13.6. The van der Waals surface area contributed by atoms with Crippen LogP contribution >= 0.6 is 0 Å². The molecule has 1 fully saturated rings. The zero-order valence-electron chi connectivity index (χ0n) is 16.5. The van der Waals surface area contributed by atoms with Crippen molar-refractivity contribution in [2.45, 2.75) is 32.0 Å². The number of benzene rings is 2. The van der Waals surface area contributed by atoms with E-state index in [4.69, 9.17) is 14.2 Å². The van der Waals surface area contributed by atoms with Crippen molar-refractivity contribution in [3.05, 3.63) is 53.6 Å². The van der Waals surface area contributed by atoms with E-state index in [1.54, 1.807) is 14.2 Å². The van der Waals surface area contributed by atoms with Gasteiger partial charge in [-0.25, -0.2) is 10.9 Å². The van der Waals surface area contributed by atoms with Gasteiger partial charge in [-0.3, -0.25) is 4.79 Å². The Morgan fingerprint density at radius 2 is 1.96 bits per heavy atom. The molecule has 2 aromatic rings. The van der Waals surface area contributed by atoms with Crippen molar-refractivity contribution in [2.24, 2.45) is 0 Å². The van der Waals surface area contributed by atoms with Gasteiger partial charge in [-0.05, 0) is 37.1 Å². The minimum Gasteiger partial charge on any atom is -0.497 e. The van der Waals surface area contributed by atoms with Crippen LogP contribution in [-0.2, 0) is 11.3 Å². The van der Waals surface area contributed by atoms with Gasteiger partial charge in [-0.1, -0.05) is 18.2 Å². The summed E-state index contributed by atoms with van der Waals surface area (Å²) in [5.74, 6) is 2.22. The number of carbonyl (C=O) groups is 1. The summed E-state index contributed by atoms with van der Waals surface area (Å²) in [6, 6.07) is 13.1. The van der Waals surface area contributed by atoms with Crippen molar-refractivity contribution in [3.63, 3.8) is 0 Å². The SMILES string of the molecule is CCOc1cccc(CNC(=O)C2CC(c3ccc(OC)cc3OC)NN2)c1. The Labute approximate surface area is 165 Å². The number of hydrazine groups is 1. The first-order valence-electron chi connectivity index (χ1n) is 9.37. The summed E-state index contributed by atoms with van der Waals surface area (Å²) in [6.07, 6.45) is 0.619. The van der Waals surface area contributed by atoms with E-state index in [0.29, 0.717) is 19.6 Å². The van der Waals surface area contributed by atoms with E-state index < -0.39 is 0 Å². The number of hydrogen-bond donors (Lipinski definition) is 3. The third kappa shape index (κ3) is 4.74. The van der Waals surface area contributed by atoms with Crippen LogP contribution in [0.5, 0.6) is 17.2 Å². The van der Waals surface area contributed by atoms with E-state index >= 15 is 0 Å². The molecule has 0 aliphatic carbocycles. The highest BCUT2D eigenvalue weighted by molar-refractivity contribution is 5.82. The third-order valence-electron chi connectivity index (χ3n) is 4.71. The average Bonchev–Trinajstić information content (AvgIpc) is 3.22. The third-order valence-corrected chi connectivity index (χ3v) is 4.71. The van der Waals surface area contributed by atoms with E-state index in [1.165, 1.54) is 0 Å². The molecular formula is C21H27N3O4. The van der Waals surface area contributed by atoms with Crippen LogP contribution in [0.3, 0.4) is 0 Å². The second-order valence-electron chi connectivity index (χ2n) is 6.54. The molecule has 0 bridgehead atoms. The first-order valence-corrected chi connectivity index (χ1v) is 9.37. The molecule has 7 heteroatoms. The summed E-state index contributed by atoms with van der Waals surface area (Å²) >= 11 is 0. The quantitative estimate of drug-likeness (QED) is 0.647. The van der Waals surface area contributed by atoms with Crippen LogP contribution in [0.4, 0.5) is 0 Å². The Hall–Kier alpha value is -2.77. The molecule has 7 nitrogen and oxygen atoms in total. The van der Waals surface area contributed by atoms with Crippen LogP contribution in [0, 0.1) is 0 Å². The van der Waals surface area contributed by atoms with E-state index in [1.807, 2.05) is 49.4 Å². The molecule has 1 saturated heterocycles. The molecular weight excluding hydrogens is 358 g/mol. The predicted molar refractivity (Wildman–Crippen MR) is 106 cm³/mol. The molecule has 0 spiro atoms. The second kappa shape index (κ2) is 9.43. The van der Waals surface area contributed by atoms with Gasteiger partial charge in [0.25, 0.3) is 0 Å².